The van der Waals surface area contributed by atoms with Crippen molar-refractivity contribution in [2.75, 3.05) is 0 Å². The Hall–Kier alpha value is -0.790. The summed E-state index contributed by atoms with van der Waals surface area (Å²) in [6, 6.07) is 0.167. The Morgan fingerprint density at radius 2 is 2.00 bits per heavy atom. The lowest BCUT2D eigenvalue weighted by atomic mass is 10.1. The van der Waals surface area contributed by atoms with Gasteiger partial charge < -0.3 is 4.74 Å². The number of rotatable bonds is 6. The molecule has 0 bridgehead atoms. The molecule has 1 rings (SSSR count). The molecule has 0 fully saturated rings. The zero-order valence-electron chi connectivity index (χ0n) is 9.38. The van der Waals surface area contributed by atoms with Crippen LogP contribution in [0.25, 0.3) is 0 Å². The second-order valence-electron chi connectivity index (χ2n) is 3.93. The molecule has 80 valence electrons. The predicted molar refractivity (Wildman–Crippen MR) is 60.5 cm³/mol. The van der Waals surface area contributed by atoms with Crippen molar-refractivity contribution in [3.8, 4) is 0 Å². The minimum Gasteiger partial charge on any atom is -0.446 e. The molecule has 0 radical (unpaired) electrons. The first-order chi connectivity index (χ1) is 6.74. The molecule has 1 aliphatic rings. The molecule has 0 saturated carbocycles. The van der Waals surface area contributed by atoms with E-state index in [4.69, 9.17) is 4.74 Å². The average molecular weight is 195 g/mol. The first-order valence-corrected chi connectivity index (χ1v) is 5.67. The summed E-state index contributed by atoms with van der Waals surface area (Å²) in [7, 11) is 0. The van der Waals surface area contributed by atoms with E-state index in [1.807, 2.05) is 6.92 Å². The van der Waals surface area contributed by atoms with E-state index in [-0.39, 0.29) is 6.04 Å². The van der Waals surface area contributed by atoms with E-state index in [1.165, 1.54) is 32.1 Å². The lowest BCUT2D eigenvalue weighted by Crippen LogP contribution is -1.97. The smallest absolute Gasteiger partial charge is 0.190 e. The van der Waals surface area contributed by atoms with Gasteiger partial charge in [-0.1, -0.05) is 39.2 Å². The van der Waals surface area contributed by atoms with Gasteiger partial charge in [0.2, 0.25) is 0 Å². The summed E-state index contributed by atoms with van der Waals surface area (Å²) in [6.45, 7) is 8.06. The second-order valence-corrected chi connectivity index (χ2v) is 3.93. The molecule has 0 aliphatic carbocycles. The lowest BCUT2D eigenvalue weighted by Gasteiger charge is -2.01. The quantitative estimate of drug-likeness (QED) is 0.592. The molecular formula is C12H21NO. The highest BCUT2D eigenvalue weighted by atomic mass is 16.5. The summed E-state index contributed by atoms with van der Waals surface area (Å²) in [4.78, 5) is 4.38. The zero-order valence-corrected chi connectivity index (χ0v) is 9.38. The van der Waals surface area contributed by atoms with Crippen LogP contribution in [0.1, 0.15) is 52.4 Å². The van der Waals surface area contributed by atoms with E-state index in [9.17, 15) is 0 Å². The number of ether oxygens (including phenoxy) is 1. The number of aliphatic imine (C=N–C) groups is 1. The van der Waals surface area contributed by atoms with Crippen molar-refractivity contribution in [2.45, 2.75) is 58.4 Å². The minimum atomic E-state index is 0.167. The molecule has 1 aliphatic heterocycles. The van der Waals surface area contributed by atoms with Crippen molar-refractivity contribution in [3.05, 3.63) is 12.3 Å². The van der Waals surface area contributed by atoms with Gasteiger partial charge in [-0.3, -0.25) is 0 Å². The van der Waals surface area contributed by atoms with E-state index in [0.29, 0.717) is 0 Å². The van der Waals surface area contributed by atoms with E-state index >= 15 is 0 Å². The third kappa shape index (κ3) is 3.52. The Balaban J connectivity index is 2.08. The summed E-state index contributed by atoms with van der Waals surface area (Å²) < 4.78 is 5.44. The maximum absolute atomic E-state index is 5.44. The predicted octanol–water partition coefficient (Wildman–Crippen LogP) is 3.68. The molecular weight excluding hydrogens is 174 g/mol. The molecule has 2 heteroatoms. The summed E-state index contributed by atoms with van der Waals surface area (Å²) in [5, 5.41) is 0. The summed E-state index contributed by atoms with van der Waals surface area (Å²) >= 11 is 0. The van der Waals surface area contributed by atoms with Gasteiger partial charge in [0.25, 0.3) is 0 Å². The topological polar surface area (TPSA) is 21.6 Å². The van der Waals surface area contributed by atoms with Crippen LogP contribution >= 0.6 is 0 Å². The van der Waals surface area contributed by atoms with Crippen LogP contribution in [0.4, 0.5) is 0 Å². The van der Waals surface area contributed by atoms with Gasteiger partial charge in [-0.2, -0.15) is 0 Å². The molecule has 1 atom stereocenters. The standard InChI is InChI=1S/C12H21NO/c1-4-5-6-7-8-9-12-13-10(2)11(3)14-12/h10H,3-9H2,1-2H3. The van der Waals surface area contributed by atoms with Crippen molar-refractivity contribution < 1.29 is 4.74 Å². The molecule has 2 nitrogen and oxygen atoms in total. The maximum Gasteiger partial charge on any atom is 0.190 e. The fourth-order valence-electron chi connectivity index (χ4n) is 1.55. The molecule has 1 unspecified atom stereocenters. The molecule has 14 heavy (non-hydrogen) atoms. The zero-order chi connectivity index (χ0) is 10.4. The van der Waals surface area contributed by atoms with Gasteiger partial charge in [-0.25, -0.2) is 4.99 Å². The summed E-state index contributed by atoms with van der Waals surface area (Å²) in [6.07, 6.45) is 7.44. The number of unbranched alkanes of at least 4 members (excludes halogenated alkanes) is 4. The molecule has 0 amide bonds. The maximum atomic E-state index is 5.44. The van der Waals surface area contributed by atoms with Crippen LogP contribution in [0.2, 0.25) is 0 Å². The second kappa shape index (κ2) is 5.84. The highest BCUT2D eigenvalue weighted by Gasteiger charge is 2.17. The summed E-state index contributed by atoms with van der Waals surface area (Å²) in [5.74, 6) is 1.69. The van der Waals surface area contributed by atoms with Crippen molar-refractivity contribution in [3.63, 3.8) is 0 Å². The SMILES string of the molecule is C=C1OC(CCCCCCC)=NC1C. The van der Waals surface area contributed by atoms with E-state index in [2.05, 4.69) is 18.5 Å². The minimum absolute atomic E-state index is 0.167. The molecule has 0 spiro atoms. The largest absolute Gasteiger partial charge is 0.446 e. The van der Waals surface area contributed by atoms with Crippen LogP contribution in [0.5, 0.6) is 0 Å². The monoisotopic (exact) mass is 195 g/mol. The van der Waals surface area contributed by atoms with Crippen LogP contribution in [0, 0.1) is 0 Å². The molecule has 1 heterocycles. The Morgan fingerprint density at radius 3 is 2.57 bits per heavy atom. The fourth-order valence-corrected chi connectivity index (χ4v) is 1.55. The van der Waals surface area contributed by atoms with Gasteiger partial charge in [-0.05, 0) is 13.3 Å². The van der Waals surface area contributed by atoms with Gasteiger partial charge in [0.1, 0.15) is 11.8 Å². The molecule has 0 aromatic heterocycles. The van der Waals surface area contributed by atoms with Crippen molar-refractivity contribution in [2.24, 2.45) is 4.99 Å². The molecule has 0 saturated heterocycles. The van der Waals surface area contributed by atoms with Crippen molar-refractivity contribution >= 4 is 5.90 Å². The summed E-state index contributed by atoms with van der Waals surface area (Å²) in [5.41, 5.74) is 0. The van der Waals surface area contributed by atoms with Crippen LogP contribution in [0.15, 0.2) is 17.3 Å². The number of hydrogen-bond acceptors (Lipinski definition) is 2. The van der Waals surface area contributed by atoms with Crippen molar-refractivity contribution in [1.29, 1.82) is 0 Å². The van der Waals surface area contributed by atoms with Gasteiger partial charge in [-0.15, -0.1) is 0 Å². The van der Waals surface area contributed by atoms with Gasteiger partial charge >= 0.3 is 0 Å². The Labute approximate surface area is 87.1 Å². The molecule has 0 aromatic carbocycles. The van der Waals surface area contributed by atoms with E-state index in [1.54, 1.807) is 0 Å². The molecule has 0 aromatic rings. The first-order valence-electron chi connectivity index (χ1n) is 5.67. The molecule has 0 N–H and O–H groups in total. The van der Waals surface area contributed by atoms with Gasteiger partial charge in [0, 0.05) is 6.42 Å². The highest BCUT2D eigenvalue weighted by molar-refractivity contribution is 5.79. The van der Waals surface area contributed by atoms with Gasteiger partial charge in [0.05, 0.1) is 0 Å². The average Bonchev–Trinajstić information content (AvgIpc) is 2.46. The van der Waals surface area contributed by atoms with Crippen LogP contribution in [0.3, 0.4) is 0 Å². The Kier molecular flexibility index (Phi) is 4.71. The van der Waals surface area contributed by atoms with E-state index in [0.717, 1.165) is 18.1 Å². The Bertz CT molecular complexity index is 220. The third-order valence-electron chi connectivity index (χ3n) is 2.55. The van der Waals surface area contributed by atoms with Crippen LogP contribution in [-0.2, 0) is 4.74 Å². The Morgan fingerprint density at radius 1 is 1.29 bits per heavy atom. The number of nitrogens with zero attached hydrogens (tertiary/aromatic N) is 1. The normalized spacial score (nSPS) is 20.9. The highest BCUT2D eigenvalue weighted by Crippen LogP contribution is 2.18. The van der Waals surface area contributed by atoms with E-state index < -0.39 is 0 Å². The van der Waals surface area contributed by atoms with Gasteiger partial charge in [0.15, 0.2) is 5.90 Å². The van der Waals surface area contributed by atoms with Crippen molar-refractivity contribution in [1.82, 2.24) is 0 Å². The first kappa shape index (κ1) is 11.3. The number of hydrogen-bond donors (Lipinski definition) is 0. The third-order valence-corrected chi connectivity index (χ3v) is 2.55. The fraction of sp³-hybridized carbons (Fsp3) is 0.750. The van der Waals surface area contributed by atoms with Crippen LogP contribution in [-0.4, -0.2) is 11.9 Å². The lowest BCUT2D eigenvalue weighted by molar-refractivity contribution is 0.409. The van der Waals surface area contributed by atoms with Crippen LogP contribution < -0.4 is 0 Å².